The smallest absolute Gasteiger partial charge is 0.286 e. The fourth-order valence-electron chi connectivity index (χ4n) is 3.93. The lowest BCUT2D eigenvalue weighted by Crippen LogP contribution is -2.38. The average molecular weight is 446 g/mol. The van der Waals surface area contributed by atoms with Crippen molar-refractivity contribution >= 4 is 17.2 Å². The molecule has 0 aliphatic carbocycles. The summed E-state index contributed by atoms with van der Waals surface area (Å²) in [5, 5.41) is 16.4. The van der Waals surface area contributed by atoms with Crippen LogP contribution in [0.4, 0.5) is 0 Å². The maximum Gasteiger partial charge on any atom is 0.286 e. The molecule has 2 aliphatic heterocycles. The van der Waals surface area contributed by atoms with E-state index in [2.05, 4.69) is 16.8 Å². The minimum atomic E-state index is -0.544. The fraction of sp³-hybridized carbons (Fsp3) is 0.435. The zero-order chi connectivity index (χ0) is 21.6. The highest BCUT2D eigenvalue weighted by atomic mass is 32.1. The van der Waals surface area contributed by atoms with Gasteiger partial charge < -0.3 is 29.4 Å². The van der Waals surface area contributed by atoms with Crippen molar-refractivity contribution in [2.24, 2.45) is 5.92 Å². The van der Waals surface area contributed by atoms with E-state index in [1.807, 2.05) is 36.6 Å². The van der Waals surface area contributed by atoms with Crippen LogP contribution in [0.25, 0.3) is 0 Å². The van der Waals surface area contributed by atoms with E-state index in [1.165, 1.54) is 0 Å². The molecular weight excluding hydrogens is 418 g/mol. The van der Waals surface area contributed by atoms with Gasteiger partial charge in [0.1, 0.15) is 0 Å². The van der Waals surface area contributed by atoms with Gasteiger partial charge in [0.25, 0.3) is 5.91 Å². The lowest BCUT2D eigenvalue weighted by molar-refractivity contribution is -0.166. The number of fused-ring (bicyclic) bond motifs is 1. The number of hydrogen-bond acceptors (Lipinski definition) is 7. The predicted molar refractivity (Wildman–Crippen MR) is 116 cm³/mol. The summed E-state index contributed by atoms with van der Waals surface area (Å²) >= 11 is 1.62. The lowest BCUT2D eigenvalue weighted by Gasteiger charge is -2.36. The second-order valence-electron chi connectivity index (χ2n) is 7.45. The number of aliphatic hydroxyl groups excluding tert-OH is 1. The molecule has 0 spiro atoms. The second-order valence-corrected chi connectivity index (χ2v) is 8.23. The molecule has 0 saturated heterocycles. The van der Waals surface area contributed by atoms with Crippen LogP contribution in [0.5, 0.6) is 11.5 Å². The van der Waals surface area contributed by atoms with Gasteiger partial charge >= 0.3 is 0 Å². The maximum atomic E-state index is 12.9. The van der Waals surface area contributed by atoms with Crippen LogP contribution >= 0.6 is 11.3 Å². The Morgan fingerprint density at radius 2 is 2.16 bits per heavy atom. The highest BCUT2D eigenvalue weighted by Gasteiger charge is 2.37. The summed E-state index contributed by atoms with van der Waals surface area (Å²) in [5.74, 6) is 1.36. The third-order valence-electron chi connectivity index (χ3n) is 5.45. The number of ether oxygens (including phenoxy) is 4. The van der Waals surface area contributed by atoms with Crippen LogP contribution < -0.4 is 14.8 Å². The lowest BCUT2D eigenvalue weighted by atomic mass is 9.81. The topological polar surface area (TPSA) is 86.3 Å². The summed E-state index contributed by atoms with van der Waals surface area (Å²) in [6, 6.07) is 7.66. The van der Waals surface area contributed by atoms with Crippen LogP contribution in [-0.2, 0) is 20.8 Å². The quantitative estimate of drug-likeness (QED) is 0.614. The Morgan fingerprint density at radius 1 is 1.29 bits per heavy atom. The van der Waals surface area contributed by atoms with Crippen molar-refractivity contribution in [2.45, 2.75) is 38.5 Å². The number of rotatable bonds is 9. The van der Waals surface area contributed by atoms with Crippen molar-refractivity contribution < 1.29 is 28.8 Å². The van der Waals surface area contributed by atoms with E-state index in [-0.39, 0.29) is 36.9 Å². The van der Waals surface area contributed by atoms with Gasteiger partial charge in [-0.1, -0.05) is 6.07 Å². The van der Waals surface area contributed by atoms with Gasteiger partial charge in [-0.15, -0.1) is 0 Å². The Labute approximate surface area is 185 Å². The number of benzene rings is 1. The zero-order valence-electron chi connectivity index (χ0n) is 17.4. The summed E-state index contributed by atoms with van der Waals surface area (Å²) in [4.78, 5) is 12.9. The van der Waals surface area contributed by atoms with E-state index in [0.29, 0.717) is 31.1 Å². The summed E-state index contributed by atoms with van der Waals surface area (Å²) in [5.41, 5.74) is 2.03. The van der Waals surface area contributed by atoms with Gasteiger partial charge in [0, 0.05) is 31.6 Å². The van der Waals surface area contributed by atoms with Crippen LogP contribution in [-0.4, -0.2) is 37.3 Å². The molecule has 0 bridgehead atoms. The third kappa shape index (κ3) is 5.03. The molecule has 31 heavy (non-hydrogen) atoms. The number of nitrogens with one attached hydrogen (secondary N) is 1. The largest absolute Gasteiger partial charge is 0.459 e. The number of carbonyl (C=O) groups excluding carboxylic acids is 1. The highest BCUT2D eigenvalue weighted by Crippen LogP contribution is 2.40. The van der Waals surface area contributed by atoms with Crippen molar-refractivity contribution in [1.82, 2.24) is 5.32 Å². The van der Waals surface area contributed by atoms with Gasteiger partial charge in [0.2, 0.25) is 13.1 Å². The first kappa shape index (κ1) is 21.7. The van der Waals surface area contributed by atoms with Gasteiger partial charge in [-0.25, -0.2) is 0 Å². The number of thiophene rings is 1. The van der Waals surface area contributed by atoms with Crippen molar-refractivity contribution in [1.29, 1.82) is 0 Å². The van der Waals surface area contributed by atoms with Crippen LogP contribution in [0.15, 0.2) is 46.9 Å². The van der Waals surface area contributed by atoms with Crippen molar-refractivity contribution in [3.8, 4) is 11.5 Å². The van der Waals surface area contributed by atoms with Crippen molar-refractivity contribution in [3.05, 3.63) is 58.0 Å². The van der Waals surface area contributed by atoms with E-state index in [9.17, 15) is 9.90 Å². The molecule has 0 saturated carbocycles. The molecule has 0 radical (unpaired) electrons. The molecule has 1 amide bonds. The summed E-state index contributed by atoms with van der Waals surface area (Å²) in [6.45, 7) is 3.05. The van der Waals surface area contributed by atoms with Crippen molar-refractivity contribution in [3.63, 3.8) is 0 Å². The minimum Gasteiger partial charge on any atom is -0.459 e. The Bertz CT molecular complexity index is 913. The first-order valence-corrected chi connectivity index (χ1v) is 11.4. The van der Waals surface area contributed by atoms with Gasteiger partial charge in [-0.3, -0.25) is 4.79 Å². The van der Waals surface area contributed by atoms with Gasteiger partial charge in [0.05, 0.1) is 0 Å². The average Bonchev–Trinajstić information content (AvgIpc) is 3.48. The summed E-state index contributed by atoms with van der Waals surface area (Å²) < 4.78 is 22.6. The summed E-state index contributed by atoms with van der Waals surface area (Å²) in [6.07, 6.45) is 2.73. The predicted octanol–water partition coefficient (Wildman–Crippen LogP) is 3.54. The number of hydrogen-bond donors (Lipinski definition) is 2. The van der Waals surface area contributed by atoms with Crippen molar-refractivity contribution in [2.75, 3.05) is 20.0 Å². The van der Waals surface area contributed by atoms with E-state index >= 15 is 0 Å². The van der Waals surface area contributed by atoms with Gasteiger partial charge in [-0.2, -0.15) is 11.3 Å². The maximum absolute atomic E-state index is 12.9. The van der Waals surface area contributed by atoms with E-state index < -0.39 is 6.29 Å². The number of amides is 1. The molecular formula is C23H27NO6S. The second kappa shape index (κ2) is 10.2. The Balaban J connectivity index is 1.50. The molecule has 3 atom stereocenters. The molecule has 2 aromatic rings. The normalized spacial score (nSPS) is 22.0. The summed E-state index contributed by atoms with van der Waals surface area (Å²) in [7, 11) is 0. The van der Waals surface area contributed by atoms with Crippen LogP contribution in [0.2, 0.25) is 0 Å². The van der Waals surface area contributed by atoms with Crippen LogP contribution in [0, 0.1) is 5.92 Å². The molecule has 0 unspecified atom stereocenters. The SMILES string of the molecule is CCO[C@H]1OC(C(=O)NCc2ccc3c(c2)OCO3)=C[C@@H](c2ccsc2)[C@H]1CCCO. The fourth-order valence-corrected chi connectivity index (χ4v) is 4.64. The Hall–Kier alpha value is -2.55. The Morgan fingerprint density at radius 3 is 2.94 bits per heavy atom. The Kier molecular flexibility index (Phi) is 7.11. The minimum absolute atomic E-state index is 0.0191. The van der Waals surface area contributed by atoms with E-state index in [0.717, 1.165) is 17.5 Å². The van der Waals surface area contributed by atoms with Gasteiger partial charge in [0.15, 0.2) is 17.3 Å². The molecule has 7 nitrogen and oxygen atoms in total. The molecule has 3 heterocycles. The van der Waals surface area contributed by atoms with Crippen LogP contribution in [0.3, 0.4) is 0 Å². The first-order valence-electron chi connectivity index (χ1n) is 10.5. The molecule has 2 N–H and O–H groups in total. The number of allylic oxidation sites excluding steroid dienone is 1. The van der Waals surface area contributed by atoms with Gasteiger partial charge in [-0.05, 0) is 65.9 Å². The zero-order valence-corrected chi connectivity index (χ0v) is 18.2. The molecule has 0 fully saturated rings. The molecule has 1 aromatic heterocycles. The molecule has 166 valence electrons. The standard InChI is InChI=1S/C23H27NO6S/c1-2-27-23-17(4-3-8-25)18(16-7-9-31-13-16)11-21(30-23)22(26)24-12-15-5-6-19-20(10-15)29-14-28-19/h5-7,9-11,13,17-18,23,25H,2-4,8,12,14H2,1H3,(H,24,26)/t17-,18+,23+/m1/s1. The molecule has 4 rings (SSSR count). The number of carbonyl (C=O) groups is 1. The van der Waals surface area contributed by atoms with E-state index in [4.69, 9.17) is 18.9 Å². The molecule has 1 aromatic carbocycles. The van der Waals surface area contributed by atoms with Crippen LogP contribution in [0.1, 0.15) is 36.8 Å². The first-order chi connectivity index (χ1) is 15.2. The highest BCUT2D eigenvalue weighted by molar-refractivity contribution is 7.08. The monoisotopic (exact) mass is 445 g/mol. The number of aliphatic hydroxyl groups is 1. The third-order valence-corrected chi connectivity index (χ3v) is 6.15. The molecule has 2 aliphatic rings. The molecule has 8 heteroatoms. The van der Waals surface area contributed by atoms with E-state index in [1.54, 1.807) is 11.3 Å².